The first-order valence-electron chi connectivity index (χ1n) is 14.7. The molecule has 5 rings (SSSR count). The highest BCUT2D eigenvalue weighted by Crippen LogP contribution is 2.40. The molecular formula is C35H38N4O6. The maximum absolute atomic E-state index is 14.5. The van der Waals surface area contributed by atoms with E-state index in [1.165, 1.54) is 26.2 Å². The lowest BCUT2D eigenvalue weighted by Crippen LogP contribution is -2.55. The first-order valence-corrected chi connectivity index (χ1v) is 14.7. The predicted octanol–water partition coefficient (Wildman–Crippen LogP) is 4.46. The van der Waals surface area contributed by atoms with E-state index in [1.807, 2.05) is 61.5 Å². The summed E-state index contributed by atoms with van der Waals surface area (Å²) in [6.45, 7) is 3.87. The number of nitrogens with zero attached hydrogens (tertiary/aromatic N) is 2. The number of para-hydroxylation sites is 2. The topological polar surface area (TPSA) is 109 Å². The molecule has 1 aliphatic heterocycles. The van der Waals surface area contributed by atoms with Gasteiger partial charge in [0.25, 0.3) is 11.8 Å². The second kappa shape index (κ2) is 13.3. The van der Waals surface area contributed by atoms with E-state index >= 15 is 0 Å². The molecule has 0 aliphatic carbocycles. The highest BCUT2D eigenvalue weighted by atomic mass is 16.5. The van der Waals surface area contributed by atoms with Crippen LogP contribution >= 0.6 is 0 Å². The van der Waals surface area contributed by atoms with Gasteiger partial charge < -0.3 is 34.6 Å². The van der Waals surface area contributed by atoms with E-state index in [1.54, 1.807) is 31.0 Å². The van der Waals surface area contributed by atoms with Gasteiger partial charge in [-0.25, -0.2) is 0 Å². The summed E-state index contributed by atoms with van der Waals surface area (Å²) in [5, 5.41) is 7.91. The number of likely N-dealkylation sites (N-methyl/N-ethyl adjacent to an activating group) is 1. The van der Waals surface area contributed by atoms with Crippen molar-refractivity contribution in [3.05, 3.63) is 89.5 Å². The third-order valence-electron chi connectivity index (χ3n) is 8.28. The second-order valence-electron chi connectivity index (χ2n) is 10.9. The number of rotatable bonds is 9. The zero-order valence-electron chi connectivity index (χ0n) is 26.3. The minimum Gasteiger partial charge on any atom is -0.493 e. The Balaban J connectivity index is 1.66. The largest absolute Gasteiger partial charge is 0.493 e. The first-order chi connectivity index (χ1) is 21.7. The SMILES string of the molecule is CN[C@@H](C)C(=O)N[C@H]1CN(C(=O)c2cc(OC)c(OC)c(OC)c2)c2ccccc2N(Cc2c(C)ccc3ccccc23)C1=O. The Kier molecular flexibility index (Phi) is 9.24. The number of aryl methyl sites for hydroxylation is 1. The normalized spacial score (nSPS) is 15.2. The Bertz CT molecular complexity index is 1730. The second-order valence-corrected chi connectivity index (χ2v) is 10.9. The van der Waals surface area contributed by atoms with Gasteiger partial charge in [-0.3, -0.25) is 14.4 Å². The molecule has 2 N–H and O–H groups in total. The number of hydrogen-bond acceptors (Lipinski definition) is 7. The Labute approximate surface area is 262 Å². The van der Waals surface area contributed by atoms with E-state index < -0.39 is 18.0 Å². The van der Waals surface area contributed by atoms with Crippen molar-refractivity contribution >= 4 is 39.9 Å². The molecule has 2 atom stereocenters. The van der Waals surface area contributed by atoms with Crippen LogP contribution in [-0.4, -0.2) is 64.7 Å². The van der Waals surface area contributed by atoms with E-state index in [2.05, 4.69) is 16.7 Å². The lowest BCUT2D eigenvalue weighted by Gasteiger charge is -2.27. The fourth-order valence-electron chi connectivity index (χ4n) is 5.65. The molecule has 1 aliphatic rings. The average Bonchev–Trinajstić information content (AvgIpc) is 3.18. The first kappa shape index (κ1) is 31.3. The smallest absolute Gasteiger partial charge is 0.258 e. The van der Waals surface area contributed by atoms with E-state index in [-0.39, 0.29) is 30.5 Å². The minimum atomic E-state index is -1.04. The molecule has 0 aromatic heterocycles. The number of ether oxygens (including phenoxy) is 3. The van der Waals surface area contributed by atoms with Crippen LogP contribution in [-0.2, 0) is 16.1 Å². The zero-order chi connectivity index (χ0) is 32.2. The van der Waals surface area contributed by atoms with Gasteiger partial charge in [0, 0.05) is 5.56 Å². The summed E-state index contributed by atoms with van der Waals surface area (Å²) in [5.74, 6) is -0.0976. The molecule has 0 bridgehead atoms. The molecule has 4 aromatic rings. The lowest BCUT2D eigenvalue weighted by atomic mass is 9.99. The van der Waals surface area contributed by atoms with Crippen LogP contribution in [0.1, 0.15) is 28.4 Å². The highest BCUT2D eigenvalue weighted by molar-refractivity contribution is 6.13. The number of carbonyl (C=O) groups is 3. The van der Waals surface area contributed by atoms with Crippen molar-refractivity contribution in [3.63, 3.8) is 0 Å². The molecule has 0 spiro atoms. The number of carbonyl (C=O) groups excluding carboxylic acids is 3. The molecule has 0 saturated carbocycles. The summed E-state index contributed by atoms with van der Waals surface area (Å²) in [4.78, 5) is 45.2. The summed E-state index contributed by atoms with van der Waals surface area (Å²) in [6, 6.07) is 21.0. The molecule has 10 nitrogen and oxygen atoms in total. The third kappa shape index (κ3) is 6.01. The molecule has 4 aromatic carbocycles. The Hall–Kier alpha value is -5.09. The summed E-state index contributed by atoms with van der Waals surface area (Å²) in [7, 11) is 6.12. The summed E-state index contributed by atoms with van der Waals surface area (Å²) < 4.78 is 16.5. The van der Waals surface area contributed by atoms with Gasteiger partial charge in [0.15, 0.2) is 11.5 Å². The number of fused-ring (bicyclic) bond motifs is 2. The Morgan fingerprint density at radius 3 is 2.20 bits per heavy atom. The van der Waals surface area contributed by atoms with Crippen LogP contribution in [0, 0.1) is 6.92 Å². The number of nitrogens with one attached hydrogen (secondary N) is 2. The standard InChI is InChI=1S/C35H38N4O6/c1-21-15-16-23-11-7-8-12-25(23)26(21)19-38-28-13-9-10-14-29(28)39(20-27(35(38)42)37-33(40)22(2)36-3)34(41)24-17-30(43-4)32(45-6)31(18-24)44-5/h7-18,22,27,36H,19-20H2,1-6H3,(H,37,40)/t22-,27-/m0/s1. The number of hydrogen-bond donors (Lipinski definition) is 2. The van der Waals surface area contributed by atoms with Crippen LogP contribution in [0.3, 0.4) is 0 Å². The van der Waals surface area contributed by atoms with Gasteiger partial charge in [0.2, 0.25) is 11.7 Å². The van der Waals surface area contributed by atoms with Gasteiger partial charge in [-0.1, -0.05) is 48.5 Å². The van der Waals surface area contributed by atoms with Gasteiger partial charge >= 0.3 is 0 Å². The van der Waals surface area contributed by atoms with Crippen molar-refractivity contribution in [1.29, 1.82) is 0 Å². The van der Waals surface area contributed by atoms with Crippen molar-refractivity contribution in [2.45, 2.75) is 32.5 Å². The summed E-state index contributed by atoms with van der Waals surface area (Å²) in [6.07, 6.45) is 0. The number of anilines is 2. The van der Waals surface area contributed by atoms with Crippen LogP contribution < -0.4 is 34.6 Å². The summed E-state index contributed by atoms with van der Waals surface area (Å²) >= 11 is 0. The molecule has 10 heteroatoms. The summed E-state index contributed by atoms with van der Waals surface area (Å²) in [5.41, 5.74) is 3.35. The van der Waals surface area contributed by atoms with Gasteiger partial charge in [0.1, 0.15) is 6.04 Å². The Morgan fingerprint density at radius 2 is 1.56 bits per heavy atom. The zero-order valence-corrected chi connectivity index (χ0v) is 26.3. The van der Waals surface area contributed by atoms with Crippen molar-refractivity contribution < 1.29 is 28.6 Å². The fraction of sp³-hybridized carbons (Fsp3) is 0.286. The lowest BCUT2D eigenvalue weighted by molar-refractivity contribution is -0.128. The fourth-order valence-corrected chi connectivity index (χ4v) is 5.65. The van der Waals surface area contributed by atoms with Crippen LogP contribution in [0.15, 0.2) is 72.8 Å². The average molecular weight is 611 g/mol. The number of benzene rings is 4. The third-order valence-corrected chi connectivity index (χ3v) is 8.28. The highest BCUT2D eigenvalue weighted by Gasteiger charge is 2.38. The van der Waals surface area contributed by atoms with Gasteiger partial charge in [-0.15, -0.1) is 0 Å². The van der Waals surface area contributed by atoms with Crippen LogP contribution in [0.5, 0.6) is 17.2 Å². The van der Waals surface area contributed by atoms with E-state index in [4.69, 9.17) is 14.2 Å². The van der Waals surface area contributed by atoms with Crippen LogP contribution in [0.2, 0.25) is 0 Å². The predicted molar refractivity (Wildman–Crippen MR) is 175 cm³/mol. The van der Waals surface area contributed by atoms with Gasteiger partial charge in [-0.2, -0.15) is 0 Å². The van der Waals surface area contributed by atoms with Gasteiger partial charge in [-0.05, 0) is 67.1 Å². The molecule has 0 radical (unpaired) electrons. The molecule has 234 valence electrons. The van der Waals surface area contributed by atoms with Crippen LogP contribution in [0.4, 0.5) is 11.4 Å². The van der Waals surface area contributed by atoms with Crippen LogP contribution in [0.25, 0.3) is 10.8 Å². The molecule has 45 heavy (non-hydrogen) atoms. The molecule has 0 saturated heterocycles. The van der Waals surface area contributed by atoms with Crippen molar-refractivity contribution in [2.75, 3.05) is 44.7 Å². The van der Waals surface area contributed by atoms with E-state index in [0.717, 1.165) is 21.9 Å². The Morgan fingerprint density at radius 1 is 0.911 bits per heavy atom. The quantitative estimate of drug-likeness (QED) is 0.288. The van der Waals surface area contributed by atoms with E-state index in [0.29, 0.717) is 28.6 Å². The maximum Gasteiger partial charge on any atom is 0.258 e. The number of methoxy groups -OCH3 is 3. The molecular weight excluding hydrogens is 572 g/mol. The van der Waals surface area contributed by atoms with Gasteiger partial charge in [0.05, 0.1) is 51.8 Å². The monoisotopic (exact) mass is 610 g/mol. The molecule has 0 fully saturated rings. The van der Waals surface area contributed by atoms with Crippen molar-refractivity contribution in [3.8, 4) is 17.2 Å². The minimum absolute atomic E-state index is 0.0987. The molecule has 0 unspecified atom stereocenters. The van der Waals surface area contributed by atoms with Crippen molar-refractivity contribution in [1.82, 2.24) is 10.6 Å². The number of amides is 3. The van der Waals surface area contributed by atoms with Crippen molar-refractivity contribution in [2.24, 2.45) is 0 Å². The van der Waals surface area contributed by atoms with E-state index in [9.17, 15) is 14.4 Å². The maximum atomic E-state index is 14.5. The molecule has 3 amide bonds. The molecule has 1 heterocycles.